The van der Waals surface area contributed by atoms with Gasteiger partial charge in [0.1, 0.15) is 11.6 Å². The zero-order valence-corrected chi connectivity index (χ0v) is 12.9. The monoisotopic (exact) mass is 319 g/mol. The first kappa shape index (κ1) is 13.7. The summed E-state index contributed by atoms with van der Waals surface area (Å²) in [6.07, 6.45) is 0. The highest BCUT2D eigenvalue weighted by Crippen LogP contribution is 2.29. The molecule has 0 aliphatic carbocycles. The number of nitrogens with one attached hydrogen (secondary N) is 1. The Bertz CT molecular complexity index is 967. The molecule has 2 N–H and O–H groups in total. The number of hydrogen-bond donors (Lipinski definition) is 2. The topological polar surface area (TPSA) is 58.0 Å². The van der Waals surface area contributed by atoms with Gasteiger partial charge in [0, 0.05) is 17.1 Å². The average Bonchev–Trinajstić information content (AvgIpc) is 3.09. The lowest BCUT2D eigenvalue weighted by molar-refractivity contribution is 0.475. The van der Waals surface area contributed by atoms with Gasteiger partial charge < -0.3 is 10.4 Å². The molecule has 0 amide bonds. The molecule has 5 heteroatoms. The number of aromatic nitrogens is 2. The SMILES string of the molecule is Oc1cccc(Nc2nc(-c3cccs3)nc3ccccc23)c1. The van der Waals surface area contributed by atoms with Crippen LogP contribution in [0.5, 0.6) is 5.75 Å². The maximum atomic E-state index is 9.64. The molecule has 4 rings (SSSR count). The van der Waals surface area contributed by atoms with Gasteiger partial charge in [0.25, 0.3) is 0 Å². The van der Waals surface area contributed by atoms with Crippen molar-refractivity contribution in [2.75, 3.05) is 5.32 Å². The molecule has 4 nitrogen and oxygen atoms in total. The summed E-state index contributed by atoms with van der Waals surface area (Å²) >= 11 is 1.61. The number of rotatable bonds is 3. The van der Waals surface area contributed by atoms with Crippen molar-refractivity contribution in [3.63, 3.8) is 0 Å². The van der Waals surface area contributed by atoms with Crippen molar-refractivity contribution in [1.29, 1.82) is 0 Å². The number of anilines is 2. The Morgan fingerprint density at radius 3 is 2.65 bits per heavy atom. The highest BCUT2D eigenvalue weighted by atomic mass is 32.1. The quantitative estimate of drug-likeness (QED) is 0.569. The fourth-order valence-electron chi connectivity index (χ4n) is 2.41. The highest BCUT2D eigenvalue weighted by Gasteiger charge is 2.10. The number of phenols is 1. The van der Waals surface area contributed by atoms with E-state index in [1.54, 1.807) is 29.5 Å². The maximum absolute atomic E-state index is 9.64. The predicted octanol–water partition coefficient (Wildman–Crippen LogP) is 4.81. The summed E-state index contributed by atoms with van der Waals surface area (Å²) in [5.74, 6) is 1.64. The molecule has 0 saturated heterocycles. The number of phenolic OH excluding ortho intramolecular Hbond substituents is 1. The molecule has 0 radical (unpaired) electrons. The number of fused-ring (bicyclic) bond motifs is 1. The first-order valence-electron chi connectivity index (χ1n) is 7.16. The van der Waals surface area contributed by atoms with Crippen LogP contribution >= 0.6 is 11.3 Å². The molecule has 23 heavy (non-hydrogen) atoms. The smallest absolute Gasteiger partial charge is 0.172 e. The van der Waals surface area contributed by atoms with Gasteiger partial charge in [-0.2, -0.15) is 0 Å². The van der Waals surface area contributed by atoms with Crippen molar-refractivity contribution in [1.82, 2.24) is 9.97 Å². The molecule has 2 aromatic heterocycles. The van der Waals surface area contributed by atoms with E-state index in [4.69, 9.17) is 0 Å². The Morgan fingerprint density at radius 2 is 1.83 bits per heavy atom. The van der Waals surface area contributed by atoms with Gasteiger partial charge in [-0.25, -0.2) is 9.97 Å². The Hall–Kier alpha value is -2.92. The van der Waals surface area contributed by atoms with Gasteiger partial charge in [0.05, 0.1) is 10.4 Å². The summed E-state index contributed by atoms with van der Waals surface area (Å²) in [6.45, 7) is 0. The molecule has 2 heterocycles. The molecule has 0 saturated carbocycles. The van der Waals surface area contributed by atoms with Crippen LogP contribution < -0.4 is 5.32 Å². The van der Waals surface area contributed by atoms with Crippen molar-refractivity contribution in [2.24, 2.45) is 0 Å². The van der Waals surface area contributed by atoms with Gasteiger partial charge in [-0.15, -0.1) is 11.3 Å². The minimum absolute atomic E-state index is 0.215. The van der Waals surface area contributed by atoms with Crippen LogP contribution in [0.2, 0.25) is 0 Å². The van der Waals surface area contributed by atoms with Crippen LogP contribution in [0.4, 0.5) is 11.5 Å². The van der Waals surface area contributed by atoms with Crippen LogP contribution in [0.25, 0.3) is 21.6 Å². The van der Waals surface area contributed by atoms with Crippen LogP contribution in [-0.4, -0.2) is 15.1 Å². The van der Waals surface area contributed by atoms with Crippen LogP contribution in [0.1, 0.15) is 0 Å². The first-order chi connectivity index (χ1) is 11.3. The van der Waals surface area contributed by atoms with Crippen LogP contribution in [-0.2, 0) is 0 Å². The molecule has 0 bridgehead atoms. The second-order valence-corrected chi connectivity index (χ2v) is 6.01. The zero-order valence-electron chi connectivity index (χ0n) is 12.1. The Kier molecular flexibility index (Phi) is 3.40. The molecule has 4 aromatic rings. The number of benzene rings is 2. The van der Waals surface area contributed by atoms with Crippen molar-refractivity contribution in [2.45, 2.75) is 0 Å². The second-order valence-electron chi connectivity index (χ2n) is 5.07. The lowest BCUT2D eigenvalue weighted by Crippen LogP contribution is -1.98. The third-order valence-corrected chi connectivity index (χ3v) is 4.32. The molecule has 0 unspecified atom stereocenters. The summed E-state index contributed by atoms with van der Waals surface area (Å²) < 4.78 is 0. The Balaban J connectivity index is 1.86. The van der Waals surface area contributed by atoms with Gasteiger partial charge in [0.15, 0.2) is 5.82 Å². The van der Waals surface area contributed by atoms with Crippen LogP contribution in [0.15, 0.2) is 66.0 Å². The minimum atomic E-state index is 0.215. The zero-order chi connectivity index (χ0) is 15.6. The van der Waals surface area contributed by atoms with Gasteiger partial charge in [-0.05, 0) is 35.7 Å². The van der Waals surface area contributed by atoms with Gasteiger partial charge in [0.2, 0.25) is 0 Å². The number of aromatic hydroxyl groups is 1. The largest absolute Gasteiger partial charge is 0.508 e. The summed E-state index contributed by atoms with van der Waals surface area (Å²) in [5.41, 5.74) is 1.67. The molecule has 0 fully saturated rings. The molecule has 0 spiro atoms. The van der Waals surface area contributed by atoms with Gasteiger partial charge in [-0.3, -0.25) is 0 Å². The fraction of sp³-hybridized carbons (Fsp3) is 0. The van der Waals surface area contributed by atoms with Crippen LogP contribution in [0, 0.1) is 0 Å². The van der Waals surface area contributed by atoms with Gasteiger partial charge >= 0.3 is 0 Å². The molecular weight excluding hydrogens is 306 g/mol. The van der Waals surface area contributed by atoms with E-state index in [9.17, 15) is 5.11 Å². The van der Waals surface area contributed by atoms with E-state index in [1.807, 2.05) is 47.8 Å². The molecular formula is C18H13N3OS. The number of hydrogen-bond acceptors (Lipinski definition) is 5. The molecule has 112 valence electrons. The molecule has 2 aromatic carbocycles. The minimum Gasteiger partial charge on any atom is -0.508 e. The van der Waals surface area contributed by atoms with Crippen molar-refractivity contribution >= 4 is 33.7 Å². The summed E-state index contributed by atoms with van der Waals surface area (Å²) in [6, 6.07) is 18.9. The van der Waals surface area contributed by atoms with Crippen molar-refractivity contribution in [3.8, 4) is 16.5 Å². The fourth-order valence-corrected chi connectivity index (χ4v) is 3.07. The Morgan fingerprint density at radius 1 is 0.913 bits per heavy atom. The molecule has 0 atom stereocenters. The second kappa shape index (κ2) is 5.70. The maximum Gasteiger partial charge on any atom is 0.172 e. The first-order valence-corrected chi connectivity index (χ1v) is 8.04. The van der Waals surface area contributed by atoms with E-state index in [1.165, 1.54) is 0 Å². The van der Waals surface area contributed by atoms with Gasteiger partial charge in [-0.1, -0.05) is 24.3 Å². The lowest BCUT2D eigenvalue weighted by atomic mass is 10.2. The van der Waals surface area contributed by atoms with E-state index in [-0.39, 0.29) is 5.75 Å². The normalized spacial score (nSPS) is 10.8. The lowest BCUT2D eigenvalue weighted by Gasteiger charge is -2.10. The third kappa shape index (κ3) is 2.74. The van der Waals surface area contributed by atoms with Crippen molar-refractivity contribution in [3.05, 3.63) is 66.0 Å². The summed E-state index contributed by atoms with van der Waals surface area (Å²) in [5, 5.41) is 15.9. The van der Waals surface area contributed by atoms with E-state index in [0.29, 0.717) is 5.82 Å². The number of para-hydroxylation sites is 1. The molecule has 0 aliphatic rings. The summed E-state index contributed by atoms with van der Waals surface area (Å²) in [7, 11) is 0. The average molecular weight is 319 g/mol. The predicted molar refractivity (Wildman–Crippen MR) is 94.2 cm³/mol. The third-order valence-electron chi connectivity index (χ3n) is 3.45. The standard InChI is InChI=1S/C18H13N3OS/c22-13-6-3-5-12(11-13)19-17-14-7-1-2-8-15(14)20-18(21-17)16-9-4-10-23-16/h1-11,22H,(H,19,20,21). The van der Waals surface area contributed by atoms with Crippen LogP contribution in [0.3, 0.4) is 0 Å². The summed E-state index contributed by atoms with van der Waals surface area (Å²) in [4.78, 5) is 10.3. The Labute approximate surface area is 137 Å². The highest BCUT2D eigenvalue weighted by molar-refractivity contribution is 7.13. The molecule has 0 aliphatic heterocycles. The van der Waals surface area contributed by atoms with E-state index in [0.717, 1.165) is 27.3 Å². The number of nitrogens with zero attached hydrogens (tertiary/aromatic N) is 2. The van der Waals surface area contributed by atoms with E-state index in [2.05, 4.69) is 15.3 Å². The van der Waals surface area contributed by atoms with E-state index < -0.39 is 0 Å². The number of thiophene rings is 1. The van der Waals surface area contributed by atoms with Crippen molar-refractivity contribution < 1.29 is 5.11 Å². The van der Waals surface area contributed by atoms with E-state index >= 15 is 0 Å².